The van der Waals surface area contributed by atoms with Gasteiger partial charge in [-0.05, 0) is 32.8 Å². The van der Waals surface area contributed by atoms with Crippen molar-refractivity contribution in [3.8, 4) is 0 Å². The van der Waals surface area contributed by atoms with Crippen molar-refractivity contribution in [2.75, 3.05) is 5.73 Å². The monoisotopic (exact) mass is 266 g/mol. The minimum atomic E-state index is -1.11. The van der Waals surface area contributed by atoms with E-state index in [0.717, 1.165) is 23.9 Å². The Morgan fingerprint density at radius 3 is 2.72 bits per heavy atom. The molecule has 0 aliphatic heterocycles. The Balaban J connectivity index is 2.30. The average molecular weight is 267 g/mol. The molecular weight excluding hydrogens is 252 g/mol. The number of nitrogens with two attached hydrogens (primary N) is 1. The number of aromatic nitrogens is 1. The molecule has 1 heterocycles. The van der Waals surface area contributed by atoms with Crippen LogP contribution in [0.15, 0.2) is 10.6 Å². The molecular formula is C13H15ClN2O2. The molecule has 1 aromatic heterocycles. The number of hydrogen-bond donors (Lipinski definition) is 2. The molecule has 18 heavy (non-hydrogen) atoms. The molecule has 0 unspecified atom stereocenters. The summed E-state index contributed by atoms with van der Waals surface area (Å²) in [6.45, 7) is 3.29. The van der Waals surface area contributed by atoms with Crippen molar-refractivity contribution in [3.05, 3.63) is 22.3 Å². The summed E-state index contributed by atoms with van der Waals surface area (Å²) >= 11 is 6.30. The second-order valence-corrected chi connectivity index (χ2v) is 5.81. The highest BCUT2D eigenvalue weighted by molar-refractivity contribution is 6.36. The smallest absolute Gasteiger partial charge is 0.186 e. The Labute approximate surface area is 110 Å². The summed E-state index contributed by atoms with van der Waals surface area (Å²) in [5.41, 5.74) is 7.32. The van der Waals surface area contributed by atoms with Gasteiger partial charge in [0.2, 0.25) is 0 Å². The average Bonchev–Trinajstić information content (AvgIpc) is 2.98. The number of halogens is 1. The van der Waals surface area contributed by atoms with Crippen LogP contribution in [-0.2, 0) is 5.60 Å². The molecule has 1 aliphatic carbocycles. The summed E-state index contributed by atoms with van der Waals surface area (Å²) < 4.78 is 5.32. The summed E-state index contributed by atoms with van der Waals surface area (Å²) in [6, 6.07) is 1.80. The zero-order chi connectivity index (χ0) is 13.1. The van der Waals surface area contributed by atoms with Gasteiger partial charge in [-0.15, -0.1) is 0 Å². The number of benzene rings is 1. The van der Waals surface area contributed by atoms with E-state index in [1.165, 1.54) is 0 Å². The fourth-order valence-corrected chi connectivity index (χ4v) is 2.82. The highest BCUT2D eigenvalue weighted by Gasteiger charge is 2.32. The minimum absolute atomic E-state index is 0.358. The van der Waals surface area contributed by atoms with Crippen LogP contribution < -0.4 is 5.73 Å². The lowest BCUT2D eigenvalue weighted by Crippen LogP contribution is -2.18. The van der Waals surface area contributed by atoms with Gasteiger partial charge >= 0.3 is 0 Å². The van der Waals surface area contributed by atoms with Crippen LogP contribution >= 0.6 is 11.6 Å². The Hall–Kier alpha value is -1.26. The third kappa shape index (κ3) is 1.68. The van der Waals surface area contributed by atoms with E-state index in [-0.39, 0.29) is 0 Å². The van der Waals surface area contributed by atoms with Crippen LogP contribution in [0.2, 0.25) is 5.02 Å². The molecule has 5 heteroatoms. The Morgan fingerprint density at radius 2 is 2.17 bits per heavy atom. The third-order valence-corrected chi connectivity index (χ3v) is 3.70. The molecule has 0 bridgehead atoms. The SMILES string of the molecule is CC(C)(O)c1c(N)cc2c(C3CC3)noc2c1Cl. The van der Waals surface area contributed by atoms with Crippen LogP contribution in [0.1, 0.15) is 43.9 Å². The largest absolute Gasteiger partial charge is 0.398 e. The predicted molar refractivity (Wildman–Crippen MR) is 70.7 cm³/mol. The molecule has 0 spiro atoms. The van der Waals surface area contributed by atoms with Gasteiger partial charge in [-0.1, -0.05) is 16.8 Å². The molecule has 1 aliphatic rings. The molecule has 0 amide bonds. The van der Waals surface area contributed by atoms with Gasteiger partial charge in [0.1, 0.15) is 0 Å². The molecule has 1 aromatic carbocycles. The molecule has 0 saturated heterocycles. The number of nitrogens with zero attached hydrogens (tertiary/aromatic N) is 1. The zero-order valence-electron chi connectivity index (χ0n) is 10.3. The standard InChI is InChI=1S/C13H15ClN2O2/c1-13(2,17)9-8(15)5-7-11(6-3-4-6)16-18-12(7)10(9)14/h5-6,17H,3-4,15H2,1-2H3. The van der Waals surface area contributed by atoms with E-state index in [1.807, 2.05) is 0 Å². The maximum atomic E-state index is 10.1. The molecule has 0 atom stereocenters. The molecule has 0 radical (unpaired) electrons. The van der Waals surface area contributed by atoms with Crippen molar-refractivity contribution in [2.24, 2.45) is 0 Å². The first-order chi connectivity index (χ1) is 8.39. The third-order valence-electron chi connectivity index (χ3n) is 3.34. The Morgan fingerprint density at radius 1 is 1.50 bits per heavy atom. The van der Waals surface area contributed by atoms with E-state index in [1.54, 1.807) is 19.9 Å². The van der Waals surface area contributed by atoms with Gasteiger partial charge in [-0.25, -0.2) is 0 Å². The van der Waals surface area contributed by atoms with Gasteiger partial charge < -0.3 is 15.4 Å². The van der Waals surface area contributed by atoms with Gasteiger partial charge in [-0.2, -0.15) is 0 Å². The maximum absolute atomic E-state index is 10.1. The second kappa shape index (κ2) is 3.62. The summed E-state index contributed by atoms with van der Waals surface area (Å²) in [5.74, 6) is 0.467. The van der Waals surface area contributed by atoms with Crippen molar-refractivity contribution in [2.45, 2.75) is 38.2 Å². The number of hydrogen-bond acceptors (Lipinski definition) is 4. The topological polar surface area (TPSA) is 72.3 Å². The van der Waals surface area contributed by atoms with Crippen LogP contribution in [-0.4, -0.2) is 10.3 Å². The van der Waals surface area contributed by atoms with Crippen LogP contribution in [0.25, 0.3) is 11.0 Å². The Kier molecular flexibility index (Phi) is 2.37. The van der Waals surface area contributed by atoms with Gasteiger partial charge in [0.05, 0.1) is 16.3 Å². The van der Waals surface area contributed by atoms with Crippen molar-refractivity contribution in [1.82, 2.24) is 5.16 Å². The van der Waals surface area contributed by atoms with E-state index < -0.39 is 5.60 Å². The maximum Gasteiger partial charge on any atom is 0.186 e. The van der Waals surface area contributed by atoms with Crippen molar-refractivity contribution in [1.29, 1.82) is 0 Å². The summed E-state index contributed by atoms with van der Waals surface area (Å²) in [5, 5.41) is 15.4. The van der Waals surface area contributed by atoms with Gasteiger partial charge in [0, 0.05) is 22.6 Å². The van der Waals surface area contributed by atoms with Crippen molar-refractivity contribution >= 4 is 28.3 Å². The number of fused-ring (bicyclic) bond motifs is 1. The molecule has 3 N–H and O–H groups in total. The Bertz CT molecular complexity index is 624. The lowest BCUT2D eigenvalue weighted by Gasteiger charge is -2.21. The first-order valence-corrected chi connectivity index (χ1v) is 6.37. The quantitative estimate of drug-likeness (QED) is 0.819. The number of nitrogen functional groups attached to an aromatic ring is 1. The highest BCUT2D eigenvalue weighted by Crippen LogP contribution is 2.46. The minimum Gasteiger partial charge on any atom is -0.398 e. The lowest BCUT2D eigenvalue weighted by atomic mass is 9.94. The normalized spacial score (nSPS) is 16.4. The molecule has 1 fully saturated rings. The van der Waals surface area contributed by atoms with E-state index in [0.29, 0.717) is 27.8 Å². The summed E-state index contributed by atoms with van der Waals surface area (Å²) in [6.07, 6.45) is 2.26. The summed E-state index contributed by atoms with van der Waals surface area (Å²) in [4.78, 5) is 0. The van der Waals surface area contributed by atoms with Gasteiger partial charge in [0.25, 0.3) is 0 Å². The number of anilines is 1. The first kappa shape index (κ1) is 11.8. The number of rotatable bonds is 2. The van der Waals surface area contributed by atoms with E-state index in [4.69, 9.17) is 21.9 Å². The molecule has 2 aromatic rings. The summed E-state index contributed by atoms with van der Waals surface area (Å²) in [7, 11) is 0. The fraction of sp³-hybridized carbons (Fsp3) is 0.462. The molecule has 96 valence electrons. The molecule has 1 saturated carbocycles. The van der Waals surface area contributed by atoms with Gasteiger partial charge in [0.15, 0.2) is 5.58 Å². The molecule has 3 rings (SSSR count). The van der Waals surface area contributed by atoms with E-state index in [2.05, 4.69) is 5.16 Å². The van der Waals surface area contributed by atoms with Crippen molar-refractivity contribution < 1.29 is 9.63 Å². The highest BCUT2D eigenvalue weighted by atomic mass is 35.5. The molecule has 4 nitrogen and oxygen atoms in total. The fourth-order valence-electron chi connectivity index (χ4n) is 2.35. The van der Waals surface area contributed by atoms with Crippen LogP contribution in [0.3, 0.4) is 0 Å². The zero-order valence-corrected chi connectivity index (χ0v) is 11.1. The second-order valence-electron chi connectivity index (χ2n) is 5.43. The van der Waals surface area contributed by atoms with Crippen LogP contribution in [0.5, 0.6) is 0 Å². The first-order valence-electron chi connectivity index (χ1n) is 5.99. The van der Waals surface area contributed by atoms with Crippen LogP contribution in [0, 0.1) is 0 Å². The predicted octanol–water partition coefficient (Wildman–Crippen LogP) is 3.17. The lowest BCUT2D eigenvalue weighted by molar-refractivity contribution is 0.0795. The van der Waals surface area contributed by atoms with Crippen molar-refractivity contribution in [3.63, 3.8) is 0 Å². The van der Waals surface area contributed by atoms with Gasteiger partial charge in [-0.3, -0.25) is 0 Å². The van der Waals surface area contributed by atoms with E-state index >= 15 is 0 Å². The van der Waals surface area contributed by atoms with E-state index in [9.17, 15) is 5.11 Å². The number of aliphatic hydroxyl groups is 1. The van der Waals surface area contributed by atoms with Crippen LogP contribution in [0.4, 0.5) is 5.69 Å².